The normalized spacial score (nSPS) is 10.0. The third-order valence-corrected chi connectivity index (χ3v) is 4.21. The molecule has 0 heterocycles. The molecule has 3 aromatic rings. The van der Waals surface area contributed by atoms with E-state index in [0.29, 0.717) is 5.56 Å². The van der Waals surface area contributed by atoms with Gasteiger partial charge >= 0.3 is 0 Å². The minimum Gasteiger partial charge on any atom is -0.302 e. The second-order valence-electron chi connectivity index (χ2n) is 6.06. The monoisotopic (exact) mass is 389 g/mol. The van der Waals surface area contributed by atoms with Gasteiger partial charge < -0.3 is 5.32 Å². The number of benzene rings is 3. The van der Waals surface area contributed by atoms with E-state index >= 15 is 0 Å². The molecule has 0 aliphatic heterocycles. The first kappa shape index (κ1) is 19.3. The smallest absolute Gasteiger partial charge is 0.269 e. The summed E-state index contributed by atoms with van der Waals surface area (Å²) in [6.45, 7) is 0. The molecule has 0 unspecified atom stereocenters. The van der Waals surface area contributed by atoms with Crippen LogP contribution >= 0.6 is 12.2 Å². The van der Waals surface area contributed by atoms with Crippen molar-refractivity contribution < 1.29 is 9.59 Å². The molecule has 0 aliphatic carbocycles. The highest BCUT2D eigenvalue weighted by Gasteiger charge is 2.09. The van der Waals surface area contributed by atoms with Gasteiger partial charge in [-0.05, 0) is 41.0 Å². The maximum absolute atomic E-state index is 12.2. The Morgan fingerprint density at radius 1 is 0.714 bits per heavy atom. The molecule has 0 spiro atoms. The molecule has 0 atom stereocenters. The lowest BCUT2D eigenvalue weighted by atomic mass is 10.0. The Balaban J connectivity index is 1.48. The number of carbonyl (C=O) groups is 2. The summed E-state index contributed by atoms with van der Waals surface area (Å²) in [6.07, 6.45) is 0.206. The van der Waals surface area contributed by atoms with Crippen molar-refractivity contribution in [3.63, 3.8) is 0 Å². The molecular weight excluding hydrogens is 370 g/mol. The number of rotatable bonds is 4. The number of hydrogen-bond donors (Lipinski definition) is 3. The van der Waals surface area contributed by atoms with E-state index in [2.05, 4.69) is 16.2 Å². The number of carbonyl (C=O) groups excluding carboxylic acids is 2. The van der Waals surface area contributed by atoms with Crippen LogP contribution in [0.3, 0.4) is 0 Å². The first-order valence-electron chi connectivity index (χ1n) is 8.71. The Hall–Kier alpha value is -3.51. The van der Waals surface area contributed by atoms with Crippen LogP contribution in [-0.2, 0) is 11.2 Å². The van der Waals surface area contributed by atoms with Crippen molar-refractivity contribution in [1.29, 1.82) is 0 Å². The lowest BCUT2D eigenvalue weighted by Gasteiger charge is -2.11. The first-order chi connectivity index (χ1) is 13.6. The second-order valence-corrected chi connectivity index (χ2v) is 6.47. The summed E-state index contributed by atoms with van der Waals surface area (Å²) < 4.78 is 0. The molecule has 0 aliphatic rings. The summed E-state index contributed by atoms with van der Waals surface area (Å²) in [4.78, 5) is 24.2. The van der Waals surface area contributed by atoms with Crippen LogP contribution < -0.4 is 16.2 Å². The summed E-state index contributed by atoms with van der Waals surface area (Å²) in [6, 6.07) is 26.5. The van der Waals surface area contributed by atoms with Gasteiger partial charge in [0.15, 0.2) is 5.11 Å². The Kier molecular flexibility index (Phi) is 6.49. The van der Waals surface area contributed by atoms with Gasteiger partial charge in [-0.25, -0.2) is 0 Å². The highest BCUT2D eigenvalue weighted by Crippen LogP contribution is 2.19. The van der Waals surface area contributed by atoms with Crippen LogP contribution in [-0.4, -0.2) is 16.9 Å². The maximum atomic E-state index is 12.2. The molecule has 0 saturated carbocycles. The van der Waals surface area contributed by atoms with E-state index in [9.17, 15) is 9.59 Å². The van der Waals surface area contributed by atoms with E-state index in [1.165, 1.54) is 0 Å². The van der Waals surface area contributed by atoms with Gasteiger partial charge in [0.2, 0.25) is 5.91 Å². The number of hydrogen-bond acceptors (Lipinski definition) is 3. The standard InChI is InChI=1S/C22H19N3O2S/c26-20(15-16-7-3-1-4-8-16)23-22(28)25-24-21(27)19-13-11-18(12-14-19)17-9-5-2-6-10-17/h1-14H,15H2,(H,24,27)(H2,23,25,26,28). The van der Waals surface area contributed by atoms with Crippen molar-refractivity contribution in [2.45, 2.75) is 6.42 Å². The van der Waals surface area contributed by atoms with Gasteiger partial charge in [0.05, 0.1) is 6.42 Å². The molecule has 0 fully saturated rings. The van der Waals surface area contributed by atoms with Gasteiger partial charge in [-0.2, -0.15) is 0 Å². The largest absolute Gasteiger partial charge is 0.302 e. The third-order valence-electron chi connectivity index (χ3n) is 4.00. The molecule has 5 nitrogen and oxygen atoms in total. The highest BCUT2D eigenvalue weighted by atomic mass is 32.1. The number of thiocarbonyl (C=S) groups is 1. The molecule has 6 heteroatoms. The summed E-state index contributed by atoms with van der Waals surface area (Å²) in [5.74, 6) is -0.607. The van der Waals surface area contributed by atoms with Gasteiger partial charge in [0.1, 0.15) is 0 Å². The Bertz CT molecular complexity index is 958. The molecule has 0 aromatic heterocycles. The van der Waals surface area contributed by atoms with E-state index in [1.54, 1.807) is 12.1 Å². The van der Waals surface area contributed by atoms with Gasteiger partial charge in [0, 0.05) is 5.56 Å². The van der Waals surface area contributed by atoms with Crippen LogP contribution in [0.2, 0.25) is 0 Å². The topological polar surface area (TPSA) is 70.2 Å². The highest BCUT2D eigenvalue weighted by molar-refractivity contribution is 7.80. The minimum absolute atomic E-state index is 0.0372. The Labute approximate surface area is 168 Å². The summed E-state index contributed by atoms with van der Waals surface area (Å²) >= 11 is 5.04. The molecule has 140 valence electrons. The SMILES string of the molecule is O=C(Cc1ccccc1)NC(=S)NNC(=O)c1ccc(-c2ccccc2)cc1. The Morgan fingerprint density at radius 2 is 1.29 bits per heavy atom. The third kappa shape index (κ3) is 5.49. The van der Waals surface area contributed by atoms with E-state index in [-0.39, 0.29) is 23.3 Å². The zero-order valence-electron chi connectivity index (χ0n) is 15.0. The summed E-state index contributed by atoms with van der Waals surface area (Å²) in [5, 5.41) is 2.57. The quantitative estimate of drug-likeness (QED) is 0.473. The van der Waals surface area contributed by atoms with E-state index < -0.39 is 0 Å². The zero-order valence-corrected chi connectivity index (χ0v) is 15.8. The molecule has 3 rings (SSSR count). The van der Waals surface area contributed by atoms with Gasteiger partial charge in [-0.15, -0.1) is 0 Å². The Morgan fingerprint density at radius 3 is 1.93 bits per heavy atom. The average Bonchev–Trinajstić information content (AvgIpc) is 2.73. The molecule has 0 saturated heterocycles. The molecule has 3 aromatic carbocycles. The van der Waals surface area contributed by atoms with Crippen LogP contribution in [0.4, 0.5) is 0 Å². The van der Waals surface area contributed by atoms with Crippen LogP contribution in [0.15, 0.2) is 84.9 Å². The lowest BCUT2D eigenvalue weighted by molar-refractivity contribution is -0.119. The van der Waals surface area contributed by atoms with Crippen molar-refractivity contribution in [2.75, 3.05) is 0 Å². The second kappa shape index (κ2) is 9.43. The zero-order chi connectivity index (χ0) is 19.8. The van der Waals surface area contributed by atoms with E-state index in [4.69, 9.17) is 12.2 Å². The molecule has 3 N–H and O–H groups in total. The fourth-order valence-electron chi connectivity index (χ4n) is 2.61. The summed E-state index contributed by atoms with van der Waals surface area (Å²) in [7, 11) is 0. The fourth-order valence-corrected chi connectivity index (χ4v) is 2.78. The summed E-state index contributed by atoms with van der Waals surface area (Å²) in [5.41, 5.74) is 8.48. The fraction of sp³-hybridized carbons (Fsp3) is 0.0455. The predicted octanol–water partition coefficient (Wildman–Crippen LogP) is 3.23. The molecule has 0 radical (unpaired) electrons. The van der Waals surface area contributed by atoms with E-state index in [0.717, 1.165) is 16.7 Å². The average molecular weight is 389 g/mol. The number of nitrogens with one attached hydrogen (secondary N) is 3. The van der Waals surface area contributed by atoms with Crippen LogP contribution in [0.5, 0.6) is 0 Å². The molecule has 28 heavy (non-hydrogen) atoms. The van der Waals surface area contributed by atoms with Crippen molar-refractivity contribution >= 4 is 29.1 Å². The van der Waals surface area contributed by atoms with Crippen LogP contribution in [0, 0.1) is 0 Å². The predicted molar refractivity (Wildman–Crippen MR) is 113 cm³/mol. The van der Waals surface area contributed by atoms with Crippen LogP contribution in [0.25, 0.3) is 11.1 Å². The molecular formula is C22H19N3O2S. The number of hydrazine groups is 1. The van der Waals surface area contributed by atoms with Gasteiger partial charge in [0.25, 0.3) is 5.91 Å². The maximum Gasteiger partial charge on any atom is 0.269 e. The minimum atomic E-state index is -0.348. The van der Waals surface area contributed by atoms with Gasteiger partial charge in [-0.1, -0.05) is 72.8 Å². The van der Waals surface area contributed by atoms with Crippen molar-refractivity contribution in [1.82, 2.24) is 16.2 Å². The lowest BCUT2D eigenvalue weighted by Crippen LogP contribution is -2.48. The van der Waals surface area contributed by atoms with Crippen molar-refractivity contribution in [2.24, 2.45) is 0 Å². The molecule has 2 amide bonds. The number of amides is 2. The molecule has 0 bridgehead atoms. The van der Waals surface area contributed by atoms with Crippen LogP contribution in [0.1, 0.15) is 15.9 Å². The van der Waals surface area contributed by atoms with E-state index in [1.807, 2.05) is 72.8 Å². The first-order valence-corrected chi connectivity index (χ1v) is 9.12. The van der Waals surface area contributed by atoms with Crippen molar-refractivity contribution in [3.8, 4) is 11.1 Å². The van der Waals surface area contributed by atoms with Crippen molar-refractivity contribution in [3.05, 3.63) is 96.1 Å². The van der Waals surface area contributed by atoms with Gasteiger partial charge in [-0.3, -0.25) is 20.4 Å².